The van der Waals surface area contributed by atoms with E-state index < -0.39 is 16.8 Å². The molecule has 31 heavy (non-hydrogen) atoms. The normalized spacial score (nSPS) is 13.4. The van der Waals surface area contributed by atoms with Gasteiger partial charge in [0.1, 0.15) is 15.9 Å². The van der Waals surface area contributed by atoms with E-state index in [1.165, 1.54) is 18.2 Å². The van der Waals surface area contributed by atoms with Crippen LogP contribution in [-0.4, -0.2) is 49.7 Å². The Balaban J connectivity index is 1.98. The summed E-state index contributed by atoms with van der Waals surface area (Å²) in [5.74, 6) is -1.19. The number of non-ortho nitro benzene ring substituents is 1. The molecule has 0 radical (unpaired) electrons. The predicted octanol–water partition coefficient (Wildman–Crippen LogP) is 3.10. The number of esters is 1. The van der Waals surface area contributed by atoms with Crippen LogP contribution in [0.5, 0.6) is 0 Å². The van der Waals surface area contributed by atoms with E-state index in [0.29, 0.717) is 37.6 Å². The second-order valence-corrected chi connectivity index (χ2v) is 7.63. The van der Waals surface area contributed by atoms with E-state index in [4.69, 9.17) is 9.47 Å². The number of hydrogen-bond acceptors (Lipinski definition) is 9. The van der Waals surface area contributed by atoms with Gasteiger partial charge in [0, 0.05) is 25.2 Å². The highest BCUT2D eigenvalue weighted by Crippen LogP contribution is 2.34. The van der Waals surface area contributed by atoms with Crippen LogP contribution < -0.4 is 10.2 Å². The van der Waals surface area contributed by atoms with E-state index in [1.54, 1.807) is 13.8 Å². The van der Waals surface area contributed by atoms with Gasteiger partial charge < -0.3 is 19.7 Å². The zero-order valence-corrected chi connectivity index (χ0v) is 17.8. The molecule has 1 N–H and O–H groups in total. The molecule has 1 saturated heterocycles. The number of nitriles is 1. The van der Waals surface area contributed by atoms with Crippen molar-refractivity contribution in [2.75, 3.05) is 43.1 Å². The summed E-state index contributed by atoms with van der Waals surface area (Å²) in [4.78, 5) is 38.1. The number of ether oxygens (including phenoxy) is 2. The molecule has 1 aliphatic heterocycles. The highest BCUT2D eigenvalue weighted by molar-refractivity contribution is 7.18. The Morgan fingerprint density at radius 1 is 1.39 bits per heavy atom. The standard InChI is InChI=1S/C20H20N4O6S/c1-3-30-20(26)17-12(2)15(11-21)19(31-17)22-18(25)14-10-13(24(27)28)4-5-16(14)23-6-8-29-9-7-23/h4-5,10H,3,6-9H2,1-2H3,(H,22,25). The molecule has 0 bridgehead atoms. The number of carbonyl (C=O) groups excluding carboxylic acids is 2. The van der Waals surface area contributed by atoms with Crippen LogP contribution in [-0.2, 0) is 9.47 Å². The van der Waals surface area contributed by atoms with Gasteiger partial charge in [0.05, 0.1) is 41.6 Å². The summed E-state index contributed by atoms with van der Waals surface area (Å²) in [7, 11) is 0. The third kappa shape index (κ3) is 4.65. The van der Waals surface area contributed by atoms with E-state index in [2.05, 4.69) is 5.32 Å². The lowest BCUT2D eigenvalue weighted by molar-refractivity contribution is -0.384. The van der Waals surface area contributed by atoms with E-state index in [1.807, 2.05) is 11.0 Å². The number of rotatable bonds is 6. The number of nitrogens with zero attached hydrogens (tertiary/aromatic N) is 3. The maximum absolute atomic E-state index is 13.1. The van der Waals surface area contributed by atoms with E-state index in [-0.39, 0.29) is 33.3 Å². The summed E-state index contributed by atoms with van der Waals surface area (Å²) >= 11 is 0.937. The molecular weight excluding hydrogens is 424 g/mol. The third-order valence-electron chi connectivity index (χ3n) is 4.73. The molecule has 162 valence electrons. The molecule has 11 heteroatoms. The topological polar surface area (TPSA) is 135 Å². The van der Waals surface area contributed by atoms with Crippen molar-refractivity contribution < 1.29 is 24.0 Å². The first-order valence-electron chi connectivity index (χ1n) is 9.50. The smallest absolute Gasteiger partial charge is 0.348 e. The van der Waals surface area contributed by atoms with Crippen LogP contribution in [0, 0.1) is 28.4 Å². The van der Waals surface area contributed by atoms with Gasteiger partial charge in [-0.05, 0) is 25.5 Å². The Hall–Kier alpha value is -3.49. The first-order chi connectivity index (χ1) is 14.9. The number of amides is 1. The first kappa shape index (κ1) is 22.2. The average Bonchev–Trinajstić information content (AvgIpc) is 3.08. The molecule has 2 heterocycles. The molecule has 0 saturated carbocycles. The second kappa shape index (κ2) is 9.55. The number of nitro benzene ring substituents is 1. The SMILES string of the molecule is CCOC(=O)c1sc(NC(=O)c2cc([N+](=O)[O-])ccc2N2CCOCC2)c(C#N)c1C. The Labute approximate surface area is 182 Å². The van der Waals surface area contributed by atoms with Gasteiger partial charge in [0.25, 0.3) is 11.6 Å². The van der Waals surface area contributed by atoms with Gasteiger partial charge in [0.15, 0.2) is 0 Å². The molecule has 1 amide bonds. The summed E-state index contributed by atoms with van der Waals surface area (Å²) in [5.41, 5.74) is 0.971. The summed E-state index contributed by atoms with van der Waals surface area (Å²) in [6.45, 7) is 5.47. The highest BCUT2D eigenvalue weighted by Gasteiger charge is 2.26. The Morgan fingerprint density at radius 2 is 2.10 bits per heavy atom. The molecule has 1 aromatic heterocycles. The Bertz CT molecular complexity index is 1070. The highest BCUT2D eigenvalue weighted by atomic mass is 32.1. The van der Waals surface area contributed by atoms with Crippen LogP contribution in [0.4, 0.5) is 16.4 Å². The van der Waals surface area contributed by atoms with Gasteiger partial charge in [-0.3, -0.25) is 14.9 Å². The predicted molar refractivity (Wildman–Crippen MR) is 114 cm³/mol. The number of anilines is 2. The van der Waals surface area contributed by atoms with E-state index >= 15 is 0 Å². The first-order valence-corrected chi connectivity index (χ1v) is 10.3. The number of morpholine rings is 1. The van der Waals surface area contributed by atoms with Crippen LogP contribution >= 0.6 is 11.3 Å². The molecule has 0 aliphatic carbocycles. The van der Waals surface area contributed by atoms with Gasteiger partial charge in [-0.2, -0.15) is 5.26 Å². The van der Waals surface area contributed by atoms with Crippen molar-refractivity contribution in [3.63, 3.8) is 0 Å². The molecule has 0 spiro atoms. The van der Waals surface area contributed by atoms with Crippen molar-refractivity contribution in [3.8, 4) is 6.07 Å². The molecule has 1 aliphatic rings. The van der Waals surface area contributed by atoms with Gasteiger partial charge >= 0.3 is 5.97 Å². The average molecular weight is 444 g/mol. The minimum absolute atomic E-state index is 0.101. The summed E-state index contributed by atoms with van der Waals surface area (Å²) in [6.07, 6.45) is 0. The number of hydrogen-bond donors (Lipinski definition) is 1. The Kier molecular flexibility index (Phi) is 6.84. The zero-order chi connectivity index (χ0) is 22.5. The molecule has 1 fully saturated rings. The number of carbonyl (C=O) groups is 2. The number of nitrogens with one attached hydrogen (secondary N) is 1. The molecule has 1 aromatic carbocycles. The molecule has 10 nitrogen and oxygen atoms in total. The lowest BCUT2D eigenvalue weighted by atomic mass is 10.1. The molecule has 0 unspecified atom stereocenters. The number of thiophene rings is 1. The monoisotopic (exact) mass is 444 g/mol. The number of benzene rings is 1. The fourth-order valence-electron chi connectivity index (χ4n) is 3.20. The molecule has 2 aromatic rings. The van der Waals surface area contributed by atoms with Crippen LogP contribution in [0.2, 0.25) is 0 Å². The minimum atomic E-state index is -0.613. The molecule has 3 rings (SSSR count). The molecule has 0 atom stereocenters. The van der Waals surface area contributed by atoms with Crippen molar-refractivity contribution in [1.29, 1.82) is 5.26 Å². The second-order valence-electron chi connectivity index (χ2n) is 6.60. The minimum Gasteiger partial charge on any atom is -0.462 e. The maximum atomic E-state index is 13.1. The lowest BCUT2D eigenvalue weighted by Crippen LogP contribution is -2.37. The van der Waals surface area contributed by atoms with Crippen molar-refractivity contribution in [2.24, 2.45) is 0 Å². The van der Waals surface area contributed by atoms with E-state index in [9.17, 15) is 25.0 Å². The van der Waals surface area contributed by atoms with Crippen molar-refractivity contribution in [1.82, 2.24) is 0 Å². The lowest BCUT2D eigenvalue weighted by Gasteiger charge is -2.30. The summed E-state index contributed by atoms with van der Waals surface area (Å²) in [6, 6.07) is 6.08. The van der Waals surface area contributed by atoms with Gasteiger partial charge in [-0.1, -0.05) is 0 Å². The summed E-state index contributed by atoms with van der Waals surface area (Å²) < 4.78 is 10.3. The van der Waals surface area contributed by atoms with Crippen LogP contribution in [0.25, 0.3) is 0 Å². The fourth-order valence-corrected chi connectivity index (χ4v) is 4.24. The van der Waals surface area contributed by atoms with E-state index in [0.717, 1.165) is 11.3 Å². The Morgan fingerprint density at radius 3 is 2.71 bits per heavy atom. The van der Waals surface area contributed by atoms with Crippen molar-refractivity contribution in [3.05, 3.63) is 49.9 Å². The fraction of sp³-hybridized carbons (Fsp3) is 0.350. The van der Waals surface area contributed by atoms with Crippen LogP contribution in [0.3, 0.4) is 0 Å². The van der Waals surface area contributed by atoms with Crippen LogP contribution in [0.1, 0.15) is 38.1 Å². The van der Waals surface area contributed by atoms with Gasteiger partial charge in [-0.25, -0.2) is 4.79 Å². The molecular formula is C20H20N4O6S. The zero-order valence-electron chi connectivity index (χ0n) is 17.0. The maximum Gasteiger partial charge on any atom is 0.348 e. The summed E-state index contributed by atoms with van der Waals surface area (Å²) in [5, 5.41) is 23.6. The third-order valence-corrected chi connectivity index (χ3v) is 5.92. The van der Waals surface area contributed by atoms with Gasteiger partial charge in [0.2, 0.25) is 0 Å². The van der Waals surface area contributed by atoms with Crippen molar-refractivity contribution >= 4 is 39.6 Å². The number of nitro groups is 1. The van der Waals surface area contributed by atoms with Gasteiger partial charge in [-0.15, -0.1) is 11.3 Å². The quantitative estimate of drug-likeness (QED) is 0.408. The largest absolute Gasteiger partial charge is 0.462 e. The van der Waals surface area contributed by atoms with Crippen LogP contribution in [0.15, 0.2) is 18.2 Å². The van der Waals surface area contributed by atoms with Crippen molar-refractivity contribution in [2.45, 2.75) is 13.8 Å².